The lowest BCUT2D eigenvalue weighted by molar-refractivity contribution is 0.0319. The number of hydrogen-bond donors (Lipinski definition) is 1. The number of benzene rings is 1. The van der Waals surface area contributed by atoms with E-state index in [1.165, 1.54) is 12.1 Å². The van der Waals surface area contributed by atoms with Crippen molar-refractivity contribution >= 4 is 15.9 Å². The van der Waals surface area contributed by atoms with Gasteiger partial charge in [0.2, 0.25) is 0 Å². The van der Waals surface area contributed by atoms with Gasteiger partial charge >= 0.3 is 0 Å². The van der Waals surface area contributed by atoms with Gasteiger partial charge in [0.15, 0.2) is 0 Å². The van der Waals surface area contributed by atoms with Gasteiger partial charge in [-0.3, -0.25) is 4.90 Å². The Morgan fingerprint density at radius 2 is 2.29 bits per heavy atom. The van der Waals surface area contributed by atoms with E-state index < -0.39 is 0 Å². The Bertz CT molecular complexity index is 399. The van der Waals surface area contributed by atoms with Crippen molar-refractivity contribution in [3.63, 3.8) is 0 Å². The molecule has 1 fully saturated rings. The smallest absolute Gasteiger partial charge is 0.124 e. The lowest BCUT2D eigenvalue weighted by Gasteiger charge is -2.34. The third kappa shape index (κ3) is 3.27. The van der Waals surface area contributed by atoms with Gasteiger partial charge in [-0.2, -0.15) is 0 Å². The van der Waals surface area contributed by atoms with Gasteiger partial charge < -0.3 is 5.11 Å². The summed E-state index contributed by atoms with van der Waals surface area (Å²) in [6, 6.07) is 4.80. The van der Waals surface area contributed by atoms with Crippen LogP contribution in [0, 0.1) is 11.7 Å². The second-order valence-electron chi connectivity index (χ2n) is 4.80. The second kappa shape index (κ2) is 5.46. The van der Waals surface area contributed by atoms with Crippen molar-refractivity contribution in [3.05, 3.63) is 34.1 Å². The monoisotopic (exact) mass is 301 g/mol. The van der Waals surface area contributed by atoms with Gasteiger partial charge in [-0.1, -0.05) is 28.9 Å². The average molecular weight is 302 g/mol. The van der Waals surface area contributed by atoms with Crippen molar-refractivity contribution in [2.24, 2.45) is 5.92 Å². The first-order valence-corrected chi connectivity index (χ1v) is 6.70. The predicted octanol–water partition coefficient (Wildman–Crippen LogP) is 2.79. The van der Waals surface area contributed by atoms with Crippen LogP contribution in [0.2, 0.25) is 0 Å². The molecule has 2 atom stereocenters. The highest BCUT2D eigenvalue weighted by atomic mass is 79.9. The highest BCUT2D eigenvalue weighted by Gasteiger charge is 2.24. The highest BCUT2D eigenvalue weighted by molar-refractivity contribution is 9.10. The number of aliphatic hydroxyl groups is 1. The van der Waals surface area contributed by atoms with Crippen molar-refractivity contribution in [1.29, 1.82) is 0 Å². The normalized spacial score (nSPS) is 26.1. The summed E-state index contributed by atoms with van der Waals surface area (Å²) in [6.07, 6.45) is 0.642. The molecule has 0 spiro atoms. The van der Waals surface area contributed by atoms with Gasteiger partial charge in [-0.15, -0.1) is 0 Å². The van der Waals surface area contributed by atoms with E-state index in [2.05, 4.69) is 27.8 Å². The summed E-state index contributed by atoms with van der Waals surface area (Å²) in [4.78, 5) is 2.30. The maximum Gasteiger partial charge on any atom is 0.124 e. The number of likely N-dealkylation sites (tertiary alicyclic amines) is 1. The summed E-state index contributed by atoms with van der Waals surface area (Å²) in [5, 5.41) is 9.67. The largest absolute Gasteiger partial charge is 0.393 e. The molecule has 4 heteroatoms. The molecular weight excluding hydrogens is 285 g/mol. The van der Waals surface area contributed by atoms with Gasteiger partial charge in [-0.05, 0) is 30.0 Å². The topological polar surface area (TPSA) is 23.5 Å². The van der Waals surface area contributed by atoms with Crippen LogP contribution in [0.5, 0.6) is 0 Å². The van der Waals surface area contributed by atoms with E-state index in [-0.39, 0.29) is 11.9 Å². The zero-order chi connectivity index (χ0) is 12.4. The number of aliphatic hydroxyl groups excluding tert-OH is 1. The van der Waals surface area contributed by atoms with Crippen molar-refractivity contribution in [2.45, 2.75) is 26.0 Å². The van der Waals surface area contributed by atoms with Crippen LogP contribution in [0.1, 0.15) is 18.9 Å². The Labute approximate surface area is 110 Å². The Balaban J connectivity index is 2.01. The molecule has 1 aliphatic rings. The number of hydrogen-bond acceptors (Lipinski definition) is 2. The summed E-state index contributed by atoms with van der Waals surface area (Å²) >= 11 is 3.38. The highest BCUT2D eigenvalue weighted by Crippen LogP contribution is 2.23. The molecular formula is C13H17BrFNO. The van der Waals surface area contributed by atoms with Gasteiger partial charge in [0.05, 0.1) is 6.10 Å². The zero-order valence-electron chi connectivity index (χ0n) is 9.87. The summed E-state index contributed by atoms with van der Waals surface area (Å²) in [6.45, 7) is 4.66. The quantitative estimate of drug-likeness (QED) is 0.908. The summed E-state index contributed by atoms with van der Waals surface area (Å²) < 4.78 is 13.8. The molecule has 0 aromatic heterocycles. The van der Waals surface area contributed by atoms with Crippen LogP contribution in [0.3, 0.4) is 0 Å². The third-order valence-electron chi connectivity index (χ3n) is 3.35. The van der Waals surface area contributed by atoms with Gasteiger partial charge in [-0.25, -0.2) is 4.39 Å². The number of rotatable bonds is 2. The maximum atomic E-state index is 13.0. The number of halogens is 2. The third-order valence-corrected chi connectivity index (χ3v) is 4.09. The molecule has 0 saturated carbocycles. The summed E-state index contributed by atoms with van der Waals surface area (Å²) in [7, 11) is 0. The number of piperidine rings is 1. The fourth-order valence-electron chi connectivity index (χ4n) is 2.25. The molecule has 17 heavy (non-hydrogen) atoms. The molecule has 0 radical (unpaired) electrons. The first-order chi connectivity index (χ1) is 8.06. The Morgan fingerprint density at radius 3 is 2.94 bits per heavy atom. The van der Waals surface area contributed by atoms with Crippen LogP contribution >= 0.6 is 15.9 Å². The van der Waals surface area contributed by atoms with E-state index in [4.69, 9.17) is 0 Å². The molecule has 0 amide bonds. The predicted molar refractivity (Wildman–Crippen MR) is 69.2 cm³/mol. The molecule has 1 heterocycles. The minimum absolute atomic E-state index is 0.178. The van der Waals surface area contributed by atoms with Gasteiger partial charge in [0.1, 0.15) is 5.82 Å². The van der Waals surface area contributed by atoms with Crippen molar-refractivity contribution in [2.75, 3.05) is 13.1 Å². The van der Waals surface area contributed by atoms with E-state index in [1.54, 1.807) is 0 Å². The van der Waals surface area contributed by atoms with Crippen LogP contribution in [0.4, 0.5) is 4.39 Å². The van der Waals surface area contributed by atoms with Crippen LogP contribution in [0.25, 0.3) is 0 Å². The maximum absolute atomic E-state index is 13.0. The van der Waals surface area contributed by atoms with Crippen LogP contribution in [-0.4, -0.2) is 29.2 Å². The molecule has 2 unspecified atom stereocenters. The van der Waals surface area contributed by atoms with E-state index in [1.807, 2.05) is 6.07 Å². The first-order valence-electron chi connectivity index (χ1n) is 5.90. The zero-order valence-corrected chi connectivity index (χ0v) is 11.5. The SMILES string of the molecule is CC1CN(Cc2ccc(F)cc2Br)CCC1O. The molecule has 1 saturated heterocycles. The van der Waals surface area contributed by atoms with Gasteiger partial charge in [0.25, 0.3) is 0 Å². The van der Waals surface area contributed by atoms with E-state index in [0.29, 0.717) is 5.92 Å². The molecule has 94 valence electrons. The standard InChI is InChI=1S/C13H17BrFNO/c1-9-7-16(5-4-13(9)17)8-10-2-3-11(15)6-12(10)14/h2-3,6,9,13,17H,4-5,7-8H2,1H3. The van der Waals surface area contributed by atoms with Gasteiger partial charge in [0, 0.05) is 24.1 Å². The molecule has 0 bridgehead atoms. The minimum atomic E-state index is -0.219. The molecule has 1 N–H and O–H groups in total. The Morgan fingerprint density at radius 1 is 1.53 bits per heavy atom. The summed E-state index contributed by atoms with van der Waals surface area (Å²) in [5.74, 6) is 0.0889. The van der Waals surface area contributed by atoms with Crippen molar-refractivity contribution in [3.8, 4) is 0 Å². The molecule has 0 aliphatic carbocycles. The van der Waals surface area contributed by atoms with E-state index >= 15 is 0 Å². The summed E-state index contributed by atoms with van der Waals surface area (Å²) in [5.41, 5.74) is 1.09. The molecule has 1 aromatic rings. The Hall–Kier alpha value is -0.450. The molecule has 2 rings (SSSR count). The lowest BCUT2D eigenvalue weighted by atomic mass is 9.96. The first kappa shape index (κ1) is 13.0. The average Bonchev–Trinajstić information content (AvgIpc) is 2.27. The number of nitrogens with zero attached hydrogens (tertiary/aromatic N) is 1. The molecule has 2 nitrogen and oxygen atoms in total. The fourth-order valence-corrected chi connectivity index (χ4v) is 2.73. The second-order valence-corrected chi connectivity index (χ2v) is 5.66. The van der Waals surface area contributed by atoms with Crippen molar-refractivity contribution in [1.82, 2.24) is 4.90 Å². The van der Waals surface area contributed by atoms with Crippen LogP contribution in [-0.2, 0) is 6.54 Å². The minimum Gasteiger partial charge on any atom is -0.393 e. The fraction of sp³-hybridized carbons (Fsp3) is 0.538. The van der Waals surface area contributed by atoms with Crippen LogP contribution in [0.15, 0.2) is 22.7 Å². The lowest BCUT2D eigenvalue weighted by Crippen LogP contribution is -2.41. The Kier molecular flexibility index (Phi) is 4.17. The molecule has 1 aromatic carbocycles. The molecule has 1 aliphatic heterocycles. The van der Waals surface area contributed by atoms with E-state index in [0.717, 1.165) is 36.1 Å². The van der Waals surface area contributed by atoms with Crippen LogP contribution < -0.4 is 0 Å². The van der Waals surface area contributed by atoms with Crippen molar-refractivity contribution < 1.29 is 9.50 Å². The van der Waals surface area contributed by atoms with E-state index in [9.17, 15) is 9.50 Å².